The van der Waals surface area contributed by atoms with E-state index >= 15 is 0 Å². The van der Waals surface area contributed by atoms with Crippen LogP contribution < -0.4 is 0 Å². The number of hydrogen-bond donors (Lipinski definition) is 0. The monoisotopic (exact) mass is 293 g/mol. The van der Waals surface area contributed by atoms with Crippen LogP contribution in [0.2, 0.25) is 0 Å². The molecule has 3 heteroatoms. The lowest BCUT2D eigenvalue weighted by molar-refractivity contribution is 0.265. The van der Waals surface area contributed by atoms with Crippen molar-refractivity contribution >= 4 is 5.90 Å². The third-order valence-electron chi connectivity index (χ3n) is 4.23. The second kappa shape index (κ2) is 4.68. The first-order valence-electron chi connectivity index (χ1n) is 7.63. The maximum atomic E-state index is 6.20. The lowest BCUT2D eigenvalue weighted by Gasteiger charge is -2.14. The summed E-state index contributed by atoms with van der Waals surface area (Å²) in [5.41, 5.74) is 1.65. The summed E-state index contributed by atoms with van der Waals surface area (Å²) in [5.74, 6) is 0.720. The zero-order chi connectivity index (χ0) is 15.2. The van der Waals surface area contributed by atoms with Gasteiger partial charge in [-0.05, 0) is 25.0 Å². The van der Waals surface area contributed by atoms with Gasteiger partial charge >= 0.3 is 0 Å². The van der Waals surface area contributed by atoms with Crippen LogP contribution in [-0.2, 0) is 15.1 Å². The molecule has 2 aromatic carbocycles. The second-order valence-corrected chi connectivity index (χ2v) is 6.52. The molecule has 0 saturated carbocycles. The number of ether oxygens (including phenoxy) is 2. The normalized spacial score (nSPS) is 24.5. The Morgan fingerprint density at radius 2 is 1.45 bits per heavy atom. The smallest absolute Gasteiger partial charge is 0.218 e. The molecule has 2 aliphatic heterocycles. The predicted molar refractivity (Wildman–Crippen MR) is 86.0 cm³/mol. The van der Waals surface area contributed by atoms with Crippen molar-refractivity contribution in [1.82, 2.24) is 0 Å². The van der Waals surface area contributed by atoms with Gasteiger partial charge in [-0.2, -0.15) is 0 Å². The standard InChI is InChI=1S/C19H19NO2/c1-18(2)13-21-17(20-18)16-19(22-16,14-9-5-3-6-10-14)15-11-7-4-8-12-15/h3-12,16H,13H2,1-2H3/t16-/m0/s1. The highest BCUT2D eigenvalue weighted by Crippen LogP contribution is 2.53. The van der Waals surface area contributed by atoms with E-state index in [0.29, 0.717) is 6.61 Å². The molecule has 22 heavy (non-hydrogen) atoms. The SMILES string of the molecule is CC1(C)COC([C@@H]2OC2(c2ccccc2)c2ccccc2)=N1. The summed E-state index contributed by atoms with van der Waals surface area (Å²) in [6, 6.07) is 20.6. The van der Waals surface area contributed by atoms with Crippen molar-refractivity contribution in [2.45, 2.75) is 31.1 Å². The molecule has 0 amide bonds. The topological polar surface area (TPSA) is 34.1 Å². The van der Waals surface area contributed by atoms with Crippen molar-refractivity contribution in [3.05, 3.63) is 71.8 Å². The van der Waals surface area contributed by atoms with Gasteiger partial charge in [0.2, 0.25) is 5.90 Å². The van der Waals surface area contributed by atoms with Gasteiger partial charge in [-0.1, -0.05) is 60.7 Å². The van der Waals surface area contributed by atoms with Crippen molar-refractivity contribution in [2.75, 3.05) is 6.61 Å². The minimum atomic E-state index is -0.470. The van der Waals surface area contributed by atoms with Gasteiger partial charge in [0.05, 0.1) is 5.54 Å². The highest BCUT2D eigenvalue weighted by atomic mass is 16.6. The highest BCUT2D eigenvalue weighted by molar-refractivity contribution is 5.88. The van der Waals surface area contributed by atoms with E-state index in [4.69, 9.17) is 14.5 Å². The van der Waals surface area contributed by atoms with Gasteiger partial charge in [-0.15, -0.1) is 0 Å². The average Bonchev–Trinajstić information content (AvgIpc) is 3.21. The molecule has 0 aromatic heterocycles. The van der Waals surface area contributed by atoms with Gasteiger partial charge in [0.25, 0.3) is 0 Å². The number of epoxide rings is 1. The van der Waals surface area contributed by atoms with Crippen LogP contribution in [0.1, 0.15) is 25.0 Å². The summed E-state index contributed by atoms with van der Waals surface area (Å²) < 4.78 is 12.0. The molecule has 2 aromatic rings. The molecular weight excluding hydrogens is 274 g/mol. The molecule has 112 valence electrons. The van der Waals surface area contributed by atoms with E-state index in [2.05, 4.69) is 38.1 Å². The maximum absolute atomic E-state index is 6.20. The van der Waals surface area contributed by atoms with Crippen LogP contribution in [0, 0.1) is 0 Å². The van der Waals surface area contributed by atoms with Crippen LogP contribution in [0.25, 0.3) is 0 Å². The predicted octanol–water partition coefficient (Wildman–Crippen LogP) is 3.54. The number of aliphatic imine (C=N–C) groups is 1. The van der Waals surface area contributed by atoms with Gasteiger partial charge in [-0.25, -0.2) is 4.99 Å². The van der Waals surface area contributed by atoms with E-state index in [1.54, 1.807) is 0 Å². The van der Waals surface area contributed by atoms with E-state index in [1.807, 2.05) is 36.4 Å². The summed E-state index contributed by atoms with van der Waals surface area (Å²) >= 11 is 0. The number of hydrogen-bond acceptors (Lipinski definition) is 3. The minimum absolute atomic E-state index is 0.140. The molecule has 2 heterocycles. The average molecular weight is 293 g/mol. The molecule has 3 nitrogen and oxygen atoms in total. The number of benzene rings is 2. The summed E-state index contributed by atoms with van der Waals surface area (Å²) in [6.45, 7) is 4.77. The van der Waals surface area contributed by atoms with Crippen LogP contribution in [-0.4, -0.2) is 24.1 Å². The molecule has 0 radical (unpaired) electrons. The fraction of sp³-hybridized carbons (Fsp3) is 0.316. The summed E-state index contributed by atoms with van der Waals surface area (Å²) in [7, 11) is 0. The zero-order valence-electron chi connectivity index (χ0n) is 12.8. The highest BCUT2D eigenvalue weighted by Gasteiger charge is 2.63. The molecule has 0 aliphatic carbocycles. The van der Waals surface area contributed by atoms with Gasteiger partial charge in [-0.3, -0.25) is 0 Å². The molecular formula is C19H19NO2. The summed E-state index contributed by atoms with van der Waals surface area (Å²) in [4.78, 5) is 4.70. The second-order valence-electron chi connectivity index (χ2n) is 6.52. The molecule has 0 spiro atoms. The van der Waals surface area contributed by atoms with E-state index < -0.39 is 5.60 Å². The van der Waals surface area contributed by atoms with Crippen molar-refractivity contribution in [3.8, 4) is 0 Å². The van der Waals surface area contributed by atoms with E-state index in [0.717, 1.165) is 17.0 Å². The fourth-order valence-electron chi connectivity index (χ4n) is 3.10. The Morgan fingerprint density at radius 1 is 0.909 bits per heavy atom. The Kier molecular flexibility index (Phi) is 2.88. The van der Waals surface area contributed by atoms with E-state index in [-0.39, 0.29) is 11.6 Å². The first-order valence-corrected chi connectivity index (χ1v) is 7.63. The van der Waals surface area contributed by atoms with E-state index in [9.17, 15) is 0 Å². The zero-order valence-corrected chi connectivity index (χ0v) is 12.8. The van der Waals surface area contributed by atoms with Crippen LogP contribution in [0.5, 0.6) is 0 Å². The van der Waals surface area contributed by atoms with Gasteiger partial charge < -0.3 is 9.47 Å². The summed E-state index contributed by atoms with van der Waals surface area (Å²) in [5, 5.41) is 0. The molecule has 1 fully saturated rings. The van der Waals surface area contributed by atoms with Crippen LogP contribution >= 0.6 is 0 Å². The van der Waals surface area contributed by atoms with Gasteiger partial charge in [0, 0.05) is 0 Å². The fourth-order valence-corrected chi connectivity index (χ4v) is 3.10. The largest absolute Gasteiger partial charge is 0.476 e. The first-order chi connectivity index (χ1) is 10.6. The lowest BCUT2D eigenvalue weighted by atomic mass is 9.88. The van der Waals surface area contributed by atoms with Crippen molar-refractivity contribution in [1.29, 1.82) is 0 Å². The maximum Gasteiger partial charge on any atom is 0.218 e. The molecule has 4 rings (SSSR count). The molecule has 0 unspecified atom stereocenters. The molecule has 2 aliphatic rings. The third kappa shape index (κ3) is 2.04. The minimum Gasteiger partial charge on any atom is -0.476 e. The third-order valence-corrected chi connectivity index (χ3v) is 4.23. The molecule has 1 saturated heterocycles. The number of rotatable bonds is 3. The number of nitrogens with zero attached hydrogens (tertiary/aromatic N) is 1. The first kappa shape index (κ1) is 13.5. The molecule has 0 N–H and O–H groups in total. The quantitative estimate of drug-likeness (QED) is 0.811. The Balaban J connectivity index is 1.78. The Labute approximate surface area is 130 Å². The Morgan fingerprint density at radius 3 is 1.91 bits per heavy atom. The van der Waals surface area contributed by atoms with Crippen LogP contribution in [0.3, 0.4) is 0 Å². The van der Waals surface area contributed by atoms with Crippen LogP contribution in [0.4, 0.5) is 0 Å². The summed E-state index contributed by atoms with van der Waals surface area (Å²) in [6.07, 6.45) is -0.140. The van der Waals surface area contributed by atoms with Crippen LogP contribution in [0.15, 0.2) is 65.7 Å². The lowest BCUT2D eigenvalue weighted by Crippen LogP contribution is -2.21. The molecule has 0 bridgehead atoms. The van der Waals surface area contributed by atoms with Gasteiger partial charge in [0.15, 0.2) is 11.7 Å². The van der Waals surface area contributed by atoms with Gasteiger partial charge in [0.1, 0.15) is 6.61 Å². The van der Waals surface area contributed by atoms with Crippen molar-refractivity contribution in [3.63, 3.8) is 0 Å². The molecule has 1 atom stereocenters. The Bertz CT molecular complexity index is 667. The Hall–Kier alpha value is -2.13. The van der Waals surface area contributed by atoms with Crippen molar-refractivity contribution < 1.29 is 9.47 Å². The van der Waals surface area contributed by atoms with Crippen molar-refractivity contribution in [2.24, 2.45) is 4.99 Å². The van der Waals surface area contributed by atoms with E-state index in [1.165, 1.54) is 0 Å².